The van der Waals surface area contributed by atoms with Crippen molar-refractivity contribution in [1.29, 1.82) is 0 Å². The molecule has 1 aliphatic rings. The summed E-state index contributed by atoms with van der Waals surface area (Å²) in [6.45, 7) is -1.62. The van der Waals surface area contributed by atoms with E-state index in [9.17, 15) is 37.1 Å². The van der Waals surface area contributed by atoms with Crippen LogP contribution in [0, 0.1) is 0 Å². The quantitative estimate of drug-likeness (QED) is 0.436. The summed E-state index contributed by atoms with van der Waals surface area (Å²) in [6, 6.07) is 11.7. The van der Waals surface area contributed by atoms with Crippen LogP contribution in [0.5, 0.6) is 0 Å². The number of esters is 1. The molecule has 0 bridgehead atoms. The van der Waals surface area contributed by atoms with E-state index in [4.69, 9.17) is 4.74 Å². The predicted molar refractivity (Wildman–Crippen MR) is 115 cm³/mol. The maximum absolute atomic E-state index is 12.8. The van der Waals surface area contributed by atoms with E-state index in [0.717, 1.165) is 0 Å². The van der Waals surface area contributed by atoms with Gasteiger partial charge in [-0.2, -0.15) is 13.2 Å². The van der Waals surface area contributed by atoms with Crippen molar-refractivity contribution in [1.82, 2.24) is 4.57 Å². The second-order valence-electron chi connectivity index (χ2n) is 7.55. The fraction of sp³-hybridized carbons (Fsp3) is 0.125. The smallest absolute Gasteiger partial charge is 0.417 e. The number of ketones is 2. The van der Waals surface area contributed by atoms with Crippen LogP contribution < -0.4 is 10.9 Å². The van der Waals surface area contributed by atoms with Crippen LogP contribution >= 0.6 is 0 Å². The van der Waals surface area contributed by atoms with E-state index >= 15 is 0 Å². The number of hydrogen-bond donors (Lipinski definition) is 1. The molecule has 0 aliphatic heterocycles. The molecule has 2 aromatic carbocycles. The number of pyridine rings is 1. The first-order chi connectivity index (χ1) is 16.5. The van der Waals surface area contributed by atoms with Crippen molar-refractivity contribution < 1.29 is 37.1 Å². The SMILES string of the molecule is O=C(COC(=O)Cn1cc(C(F)(F)F)ccc1=O)Nc1ccc2c(c1)C(=O)c1ccccc1C2=O. The Hall–Kier alpha value is -4.54. The van der Waals surface area contributed by atoms with Gasteiger partial charge < -0.3 is 14.6 Å². The Bertz CT molecular complexity index is 1440. The number of carbonyl (C=O) groups excluding carboxylic acids is 4. The summed E-state index contributed by atoms with van der Waals surface area (Å²) in [5, 5.41) is 2.41. The van der Waals surface area contributed by atoms with Crippen LogP contribution in [0.3, 0.4) is 0 Å². The van der Waals surface area contributed by atoms with Crippen LogP contribution in [0.1, 0.15) is 37.4 Å². The Morgan fingerprint density at radius 3 is 2.14 bits per heavy atom. The second kappa shape index (κ2) is 9.01. The highest BCUT2D eigenvalue weighted by Crippen LogP contribution is 2.29. The van der Waals surface area contributed by atoms with E-state index < -0.39 is 42.3 Å². The highest BCUT2D eigenvalue weighted by molar-refractivity contribution is 6.28. The lowest BCUT2D eigenvalue weighted by molar-refractivity contribution is -0.148. The van der Waals surface area contributed by atoms with Gasteiger partial charge >= 0.3 is 12.1 Å². The molecule has 35 heavy (non-hydrogen) atoms. The molecule has 0 saturated carbocycles. The summed E-state index contributed by atoms with van der Waals surface area (Å²) in [5.74, 6) is -2.62. The van der Waals surface area contributed by atoms with E-state index in [-0.39, 0.29) is 39.5 Å². The van der Waals surface area contributed by atoms with Gasteiger partial charge in [-0.15, -0.1) is 0 Å². The Morgan fingerprint density at radius 1 is 0.857 bits per heavy atom. The molecule has 0 radical (unpaired) electrons. The molecule has 0 atom stereocenters. The summed E-state index contributed by atoms with van der Waals surface area (Å²) < 4.78 is 43.7. The molecule has 8 nitrogen and oxygen atoms in total. The number of carbonyl (C=O) groups is 4. The van der Waals surface area contributed by atoms with Gasteiger partial charge in [-0.3, -0.25) is 24.0 Å². The number of anilines is 1. The molecular formula is C24H15F3N2O6. The molecule has 1 heterocycles. The zero-order valence-corrected chi connectivity index (χ0v) is 17.7. The van der Waals surface area contributed by atoms with Crippen molar-refractivity contribution in [3.8, 4) is 0 Å². The minimum absolute atomic E-state index is 0.104. The zero-order chi connectivity index (χ0) is 25.3. The third kappa shape index (κ3) is 4.88. The highest BCUT2D eigenvalue weighted by Gasteiger charge is 2.31. The van der Waals surface area contributed by atoms with Gasteiger partial charge in [0.2, 0.25) is 0 Å². The molecule has 0 unspecified atom stereocenters. The third-order valence-corrected chi connectivity index (χ3v) is 5.18. The topological polar surface area (TPSA) is 112 Å². The number of aromatic nitrogens is 1. The van der Waals surface area contributed by atoms with Gasteiger partial charge in [0.05, 0.1) is 5.56 Å². The number of rotatable bonds is 5. The number of halogens is 3. The number of amides is 1. The Labute approximate surface area is 194 Å². The molecule has 1 amide bonds. The van der Waals surface area contributed by atoms with Gasteiger partial charge in [-0.1, -0.05) is 24.3 Å². The summed E-state index contributed by atoms with van der Waals surface area (Å²) >= 11 is 0. The van der Waals surface area contributed by atoms with Crippen molar-refractivity contribution in [2.45, 2.75) is 12.7 Å². The van der Waals surface area contributed by atoms with Crippen LogP contribution in [-0.4, -0.2) is 34.6 Å². The maximum Gasteiger partial charge on any atom is 0.417 e. The molecule has 0 saturated heterocycles. The van der Waals surface area contributed by atoms with Gasteiger partial charge in [0.15, 0.2) is 18.2 Å². The average Bonchev–Trinajstić information content (AvgIpc) is 2.82. The molecule has 3 aromatic rings. The van der Waals surface area contributed by atoms with Crippen molar-refractivity contribution in [3.05, 3.63) is 99.0 Å². The van der Waals surface area contributed by atoms with Crippen molar-refractivity contribution in [2.24, 2.45) is 0 Å². The monoisotopic (exact) mass is 484 g/mol. The molecule has 11 heteroatoms. The number of fused-ring (bicyclic) bond motifs is 2. The molecule has 0 fully saturated rings. The maximum atomic E-state index is 12.8. The highest BCUT2D eigenvalue weighted by atomic mass is 19.4. The van der Waals surface area contributed by atoms with Crippen LogP contribution in [0.15, 0.2) is 65.6 Å². The number of ether oxygens (including phenoxy) is 1. The number of nitrogens with zero attached hydrogens (tertiary/aromatic N) is 1. The molecular weight excluding hydrogens is 469 g/mol. The van der Waals surface area contributed by atoms with Crippen molar-refractivity contribution >= 4 is 29.1 Å². The average molecular weight is 484 g/mol. The minimum Gasteiger partial charge on any atom is -0.454 e. The summed E-state index contributed by atoms with van der Waals surface area (Å²) in [6.07, 6.45) is -4.23. The number of benzene rings is 2. The molecule has 178 valence electrons. The van der Waals surface area contributed by atoms with Gasteiger partial charge in [0, 0.05) is 40.2 Å². The second-order valence-corrected chi connectivity index (χ2v) is 7.55. The minimum atomic E-state index is -4.71. The van der Waals surface area contributed by atoms with E-state index in [2.05, 4.69) is 5.32 Å². The van der Waals surface area contributed by atoms with E-state index in [1.165, 1.54) is 24.3 Å². The van der Waals surface area contributed by atoms with Crippen LogP contribution in [0.2, 0.25) is 0 Å². The zero-order valence-electron chi connectivity index (χ0n) is 17.7. The third-order valence-electron chi connectivity index (χ3n) is 5.18. The molecule has 0 spiro atoms. The molecule has 1 aromatic heterocycles. The van der Waals surface area contributed by atoms with Crippen molar-refractivity contribution in [3.63, 3.8) is 0 Å². The molecule has 4 rings (SSSR count). The summed E-state index contributed by atoms with van der Waals surface area (Å²) in [7, 11) is 0. The van der Waals surface area contributed by atoms with Gasteiger partial charge in [-0.25, -0.2) is 0 Å². The first kappa shape index (κ1) is 23.6. The predicted octanol–water partition coefficient (Wildman–Crippen LogP) is 2.82. The van der Waals surface area contributed by atoms with Gasteiger partial charge in [0.1, 0.15) is 6.54 Å². The van der Waals surface area contributed by atoms with E-state index in [1.54, 1.807) is 18.2 Å². The fourth-order valence-electron chi connectivity index (χ4n) is 3.53. The molecule has 1 aliphatic carbocycles. The lowest BCUT2D eigenvalue weighted by Gasteiger charge is -2.18. The largest absolute Gasteiger partial charge is 0.454 e. The van der Waals surface area contributed by atoms with Crippen LogP contribution in [0.25, 0.3) is 0 Å². The normalized spacial score (nSPS) is 12.5. The first-order valence-electron chi connectivity index (χ1n) is 10.1. The number of nitrogens with one attached hydrogen (secondary N) is 1. The van der Waals surface area contributed by atoms with E-state index in [1.807, 2.05) is 0 Å². The van der Waals surface area contributed by atoms with Gasteiger partial charge in [0.25, 0.3) is 11.5 Å². The number of hydrogen-bond acceptors (Lipinski definition) is 6. The lowest BCUT2D eigenvalue weighted by atomic mass is 9.84. The Balaban J connectivity index is 1.39. The van der Waals surface area contributed by atoms with Crippen LogP contribution in [-0.2, 0) is 27.0 Å². The summed E-state index contributed by atoms with van der Waals surface area (Å²) in [4.78, 5) is 61.2. The fourth-order valence-corrected chi connectivity index (χ4v) is 3.53. The lowest BCUT2D eigenvalue weighted by Crippen LogP contribution is -2.28. The van der Waals surface area contributed by atoms with Crippen molar-refractivity contribution in [2.75, 3.05) is 11.9 Å². The Morgan fingerprint density at radius 2 is 1.49 bits per heavy atom. The summed E-state index contributed by atoms with van der Waals surface area (Å²) in [5.41, 5.74) is -0.989. The molecule has 1 N–H and O–H groups in total. The van der Waals surface area contributed by atoms with E-state index in [0.29, 0.717) is 22.9 Å². The van der Waals surface area contributed by atoms with Crippen LogP contribution in [0.4, 0.5) is 18.9 Å². The number of alkyl halides is 3. The Kier molecular flexibility index (Phi) is 6.08. The van der Waals surface area contributed by atoms with Gasteiger partial charge in [-0.05, 0) is 24.3 Å². The first-order valence-corrected chi connectivity index (χ1v) is 10.1. The standard InChI is InChI=1S/C24H15F3N2O6/c25-24(26,27)13-5-8-20(31)29(10-13)11-21(32)35-12-19(30)28-14-6-7-17-18(9-14)23(34)16-4-2-1-3-15(16)22(17)33/h1-10H,11-12H2,(H,28,30).